The quantitative estimate of drug-likeness (QED) is 0.639. The van der Waals surface area contributed by atoms with Gasteiger partial charge in [-0.2, -0.15) is 0 Å². The molecular weight excluding hydrogens is 369 g/mol. The summed E-state index contributed by atoms with van der Waals surface area (Å²) in [6.07, 6.45) is 0.693. The molecule has 0 saturated carbocycles. The number of carbonyl (C=O) groups is 1. The van der Waals surface area contributed by atoms with Crippen molar-refractivity contribution in [2.24, 2.45) is 0 Å². The van der Waals surface area contributed by atoms with Crippen LogP contribution in [0.4, 0.5) is 10.1 Å². The minimum Gasteiger partial charge on any atom is -0.322 e. The molecular formula is C20H15BrFNO. The summed E-state index contributed by atoms with van der Waals surface area (Å²) in [5.41, 5.74) is 2.82. The fraction of sp³-hybridized carbons (Fsp3) is 0.0500. The molecule has 24 heavy (non-hydrogen) atoms. The van der Waals surface area contributed by atoms with Crippen LogP contribution in [0, 0.1) is 5.82 Å². The predicted molar refractivity (Wildman–Crippen MR) is 97.7 cm³/mol. The molecule has 3 aromatic carbocycles. The molecule has 4 heteroatoms. The Labute approximate surface area is 148 Å². The topological polar surface area (TPSA) is 29.1 Å². The summed E-state index contributed by atoms with van der Waals surface area (Å²) in [6, 6.07) is 21.9. The van der Waals surface area contributed by atoms with Gasteiger partial charge in [0.2, 0.25) is 0 Å². The average Bonchev–Trinajstić information content (AvgIpc) is 2.59. The summed E-state index contributed by atoms with van der Waals surface area (Å²) >= 11 is 3.26. The van der Waals surface area contributed by atoms with Crippen LogP contribution >= 0.6 is 15.9 Å². The summed E-state index contributed by atoms with van der Waals surface area (Å²) in [6.45, 7) is 0. The number of para-hydroxylation sites is 1. The average molecular weight is 384 g/mol. The largest absolute Gasteiger partial charge is 0.322 e. The highest BCUT2D eigenvalue weighted by atomic mass is 79.9. The third-order valence-electron chi connectivity index (χ3n) is 3.68. The molecule has 1 amide bonds. The second-order valence-corrected chi connectivity index (χ2v) is 6.31. The van der Waals surface area contributed by atoms with E-state index in [1.54, 1.807) is 6.07 Å². The molecule has 0 heterocycles. The van der Waals surface area contributed by atoms with E-state index in [9.17, 15) is 9.18 Å². The number of hydrogen-bond donors (Lipinski definition) is 1. The van der Waals surface area contributed by atoms with Crippen molar-refractivity contribution in [2.75, 3.05) is 5.32 Å². The molecule has 0 aliphatic heterocycles. The van der Waals surface area contributed by atoms with Crippen molar-refractivity contribution in [1.29, 1.82) is 0 Å². The van der Waals surface area contributed by atoms with Gasteiger partial charge in [-0.15, -0.1) is 0 Å². The highest BCUT2D eigenvalue weighted by Gasteiger charge is 2.14. The monoisotopic (exact) mass is 383 g/mol. The number of benzene rings is 3. The van der Waals surface area contributed by atoms with Crippen LogP contribution < -0.4 is 5.32 Å². The Balaban J connectivity index is 1.85. The van der Waals surface area contributed by atoms with Gasteiger partial charge in [0.05, 0.1) is 5.56 Å². The van der Waals surface area contributed by atoms with Gasteiger partial charge in [-0.05, 0) is 41.8 Å². The van der Waals surface area contributed by atoms with Crippen LogP contribution in [0.2, 0.25) is 0 Å². The SMILES string of the molecule is O=C(Nc1ccccc1Cc1ccccc1)c1cc(Br)ccc1F. The van der Waals surface area contributed by atoms with Crippen molar-refractivity contribution in [1.82, 2.24) is 0 Å². The number of amides is 1. The first-order chi connectivity index (χ1) is 11.6. The third kappa shape index (κ3) is 3.89. The van der Waals surface area contributed by atoms with Gasteiger partial charge in [0.1, 0.15) is 5.82 Å². The first kappa shape index (κ1) is 16.4. The minimum absolute atomic E-state index is 0.0129. The molecule has 120 valence electrons. The Hall–Kier alpha value is -2.46. The lowest BCUT2D eigenvalue weighted by Gasteiger charge is -2.12. The maximum Gasteiger partial charge on any atom is 0.258 e. The van der Waals surface area contributed by atoms with E-state index in [0.717, 1.165) is 11.1 Å². The van der Waals surface area contributed by atoms with E-state index >= 15 is 0 Å². The van der Waals surface area contributed by atoms with E-state index in [2.05, 4.69) is 21.2 Å². The summed E-state index contributed by atoms with van der Waals surface area (Å²) in [5.74, 6) is -1.01. The summed E-state index contributed by atoms with van der Waals surface area (Å²) in [7, 11) is 0. The molecule has 3 rings (SSSR count). The number of nitrogens with one attached hydrogen (secondary N) is 1. The standard InChI is InChI=1S/C20H15BrFNO/c21-16-10-11-18(22)17(13-16)20(24)23-19-9-5-4-8-15(19)12-14-6-2-1-3-7-14/h1-11,13H,12H2,(H,23,24). The maximum atomic E-state index is 13.9. The lowest BCUT2D eigenvalue weighted by molar-refractivity contribution is 0.102. The van der Waals surface area contributed by atoms with Gasteiger partial charge in [0.25, 0.3) is 5.91 Å². The summed E-state index contributed by atoms with van der Waals surface area (Å²) < 4.78 is 14.5. The molecule has 0 aliphatic rings. The van der Waals surface area contributed by atoms with Crippen molar-refractivity contribution < 1.29 is 9.18 Å². The zero-order valence-corrected chi connectivity index (χ0v) is 14.4. The molecule has 0 atom stereocenters. The predicted octanol–water partition coefficient (Wildman–Crippen LogP) is 5.43. The molecule has 0 bridgehead atoms. The Morgan fingerprint density at radius 1 is 0.958 bits per heavy atom. The van der Waals surface area contributed by atoms with Gasteiger partial charge >= 0.3 is 0 Å². The van der Waals surface area contributed by atoms with Gasteiger partial charge in [0, 0.05) is 10.2 Å². The van der Waals surface area contributed by atoms with E-state index in [-0.39, 0.29) is 5.56 Å². The van der Waals surface area contributed by atoms with Crippen LogP contribution in [0.25, 0.3) is 0 Å². The molecule has 0 radical (unpaired) electrons. The van der Waals surface area contributed by atoms with E-state index in [1.165, 1.54) is 12.1 Å². The maximum absolute atomic E-state index is 13.9. The van der Waals surface area contributed by atoms with Crippen molar-refractivity contribution in [3.05, 3.63) is 99.8 Å². The number of halogens is 2. The molecule has 0 aromatic heterocycles. The zero-order valence-electron chi connectivity index (χ0n) is 12.8. The molecule has 1 N–H and O–H groups in total. The van der Waals surface area contributed by atoms with Crippen LogP contribution in [0.5, 0.6) is 0 Å². The van der Waals surface area contributed by atoms with Crippen LogP contribution in [-0.2, 0) is 6.42 Å². The third-order valence-corrected chi connectivity index (χ3v) is 4.17. The summed E-state index contributed by atoms with van der Waals surface area (Å²) in [5, 5.41) is 2.82. The molecule has 0 unspecified atom stereocenters. The van der Waals surface area contributed by atoms with E-state index in [0.29, 0.717) is 16.6 Å². The number of hydrogen-bond acceptors (Lipinski definition) is 1. The highest BCUT2D eigenvalue weighted by molar-refractivity contribution is 9.10. The van der Waals surface area contributed by atoms with E-state index in [1.807, 2.05) is 54.6 Å². The Bertz CT molecular complexity index is 865. The van der Waals surface area contributed by atoms with Crippen molar-refractivity contribution in [3.8, 4) is 0 Å². The number of carbonyl (C=O) groups excluding carboxylic acids is 1. The van der Waals surface area contributed by atoms with Crippen molar-refractivity contribution in [3.63, 3.8) is 0 Å². The van der Waals surface area contributed by atoms with Crippen molar-refractivity contribution in [2.45, 2.75) is 6.42 Å². The second kappa shape index (κ2) is 7.41. The minimum atomic E-state index is -0.545. The number of anilines is 1. The van der Waals surface area contributed by atoms with E-state index < -0.39 is 11.7 Å². The Kier molecular flexibility index (Phi) is 5.06. The second-order valence-electron chi connectivity index (χ2n) is 5.40. The molecule has 2 nitrogen and oxygen atoms in total. The van der Waals surface area contributed by atoms with Gasteiger partial charge in [-0.3, -0.25) is 4.79 Å². The molecule has 0 aliphatic carbocycles. The zero-order chi connectivity index (χ0) is 16.9. The van der Waals surface area contributed by atoms with E-state index in [4.69, 9.17) is 0 Å². The first-order valence-electron chi connectivity index (χ1n) is 7.52. The van der Waals surface area contributed by atoms with Gasteiger partial charge < -0.3 is 5.32 Å². The molecule has 0 fully saturated rings. The van der Waals surface area contributed by atoms with Gasteiger partial charge in [-0.1, -0.05) is 64.5 Å². The van der Waals surface area contributed by atoms with Crippen LogP contribution in [0.3, 0.4) is 0 Å². The van der Waals surface area contributed by atoms with Gasteiger partial charge in [-0.25, -0.2) is 4.39 Å². The van der Waals surface area contributed by atoms with Crippen LogP contribution in [-0.4, -0.2) is 5.91 Å². The number of rotatable bonds is 4. The lowest BCUT2D eigenvalue weighted by atomic mass is 10.0. The Morgan fingerprint density at radius 2 is 1.67 bits per heavy atom. The van der Waals surface area contributed by atoms with Gasteiger partial charge in [0.15, 0.2) is 0 Å². The Morgan fingerprint density at radius 3 is 2.46 bits per heavy atom. The van der Waals surface area contributed by atoms with Crippen molar-refractivity contribution >= 4 is 27.5 Å². The smallest absolute Gasteiger partial charge is 0.258 e. The molecule has 3 aromatic rings. The van der Waals surface area contributed by atoms with Crippen LogP contribution in [0.15, 0.2) is 77.3 Å². The fourth-order valence-electron chi connectivity index (χ4n) is 2.47. The first-order valence-corrected chi connectivity index (χ1v) is 8.31. The fourth-order valence-corrected chi connectivity index (χ4v) is 2.83. The lowest BCUT2D eigenvalue weighted by Crippen LogP contribution is -2.15. The molecule has 0 saturated heterocycles. The normalized spacial score (nSPS) is 10.4. The molecule has 0 spiro atoms. The van der Waals surface area contributed by atoms with Crippen LogP contribution in [0.1, 0.15) is 21.5 Å². The highest BCUT2D eigenvalue weighted by Crippen LogP contribution is 2.21. The summed E-state index contributed by atoms with van der Waals surface area (Å²) in [4.78, 5) is 12.4.